The van der Waals surface area contributed by atoms with Crippen LogP contribution in [0.1, 0.15) is 96.8 Å². The van der Waals surface area contributed by atoms with E-state index in [0.717, 1.165) is 29.9 Å². The largest absolute Gasteiger partial charge is 0.494 e. The van der Waals surface area contributed by atoms with Crippen LogP contribution in [0.3, 0.4) is 0 Å². The summed E-state index contributed by atoms with van der Waals surface area (Å²) in [6.45, 7) is 3.26. The number of benzene rings is 2. The van der Waals surface area contributed by atoms with Crippen LogP contribution in [0.4, 0.5) is 0 Å². The normalized spacial score (nSPS) is 11.5. The van der Waals surface area contributed by atoms with Gasteiger partial charge in [0, 0.05) is 0 Å². The smallest absolute Gasteiger partial charge is 0.264 e. The van der Waals surface area contributed by atoms with Crippen LogP contribution in [0.25, 0.3) is 11.1 Å². The van der Waals surface area contributed by atoms with Crippen LogP contribution in [0.2, 0.25) is 0 Å². The Balaban J connectivity index is 1.56. The molecule has 0 saturated heterocycles. The van der Waals surface area contributed by atoms with Gasteiger partial charge in [-0.2, -0.15) is 8.42 Å². The van der Waals surface area contributed by atoms with Gasteiger partial charge in [0.15, 0.2) is 0 Å². The van der Waals surface area contributed by atoms with E-state index in [4.69, 9.17) is 14.0 Å². The molecule has 0 atom stereocenters. The van der Waals surface area contributed by atoms with Crippen molar-refractivity contribution in [2.45, 2.75) is 96.8 Å². The van der Waals surface area contributed by atoms with Gasteiger partial charge in [-0.25, -0.2) is 0 Å². The Bertz CT molecular complexity index is 925. The first-order valence-corrected chi connectivity index (χ1v) is 15.5. The molecular formula is C30H46O5S. The minimum atomic E-state index is -3.94. The van der Waals surface area contributed by atoms with Gasteiger partial charge in [-0.15, -0.1) is 0 Å². The van der Waals surface area contributed by atoms with E-state index in [9.17, 15) is 8.42 Å². The maximum absolute atomic E-state index is 10.8. The van der Waals surface area contributed by atoms with Crippen molar-refractivity contribution in [2.75, 3.05) is 19.0 Å². The molecule has 0 aromatic heterocycles. The highest BCUT2D eigenvalue weighted by atomic mass is 32.2. The molecule has 0 fully saturated rings. The van der Waals surface area contributed by atoms with E-state index in [2.05, 4.69) is 19.1 Å². The Morgan fingerprint density at radius 3 is 1.72 bits per heavy atom. The summed E-state index contributed by atoms with van der Waals surface area (Å²) in [5.74, 6) is 1.26. The zero-order valence-electron chi connectivity index (χ0n) is 22.1. The summed E-state index contributed by atoms with van der Waals surface area (Å²) in [5.41, 5.74) is 2.14. The fraction of sp³-hybridized carbons (Fsp3) is 0.600. The molecule has 2 aromatic rings. The summed E-state index contributed by atoms with van der Waals surface area (Å²) in [6.07, 6.45) is 17.7. The predicted molar refractivity (Wildman–Crippen MR) is 150 cm³/mol. The van der Waals surface area contributed by atoms with Crippen molar-refractivity contribution < 1.29 is 22.4 Å². The van der Waals surface area contributed by atoms with Crippen molar-refractivity contribution in [3.8, 4) is 22.6 Å². The van der Waals surface area contributed by atoms with Crippen LogP contribution in [0.5, 0.6) is 11.5 Å². The molecule has 0 unspecified atom stereocenters. The van der Waals surface area contributed by atoms with Crippen LogP contribution < -0.4 is 9.47 Å². The lowest BCUT2D eigenvalue weighted by Crippen LogP contribution is -2.08. The van der Waals surface area contributed by atoms with Gasteiger partial charge in [0.1, 0.15) is 11.5 Å². The summed E-state index contributed by atoms with van der Waals surface area (Å²) in [7, 11) is -3.94. The number of ether oxygens (including phenoxy) is 2. The quantitative estimate of drug-likeness (QED) is 0.132. The van der Waals surface area contributed by atoms with E-state index in [1.165, 1.54) is 77.0 Å². The zero-order chi connectivity index (χ0) is 25.9. The highest BCUT2D eigenvalue weighted by Crippen LogP contribution is 2.26. The maximum atomic E-state index is 10.8. The molecule has 0 saturated carbocycles. The number of hydrogen-bond donors (Lipinski definition) is 1. The molecule has 0 amide bonds. The molecule has 0 aliphatic carbocycles. The lowest BCUT2D eigenvalue weighted by atomic mass is 10.0. The number of hydrogen-bond acceptors (Lipinski definition) is 4. The minimum Gasteiger partial charge on any atom is -0.494 e. The van der Waals surface area contributed by atoms with Gasteiger partial charge < -0.3 is 9.47 Å². The second kappa shape index (κ2) is 18.2. The molecular weight excluding hydrogens is 472 g/mol. The Morgan fingerprint density at radius 2 is 1.14 bits per heavy atom. The summed E-state index contributed by atoms with van der Waals surface area (Å²) in [4.78, 5) is 0. The van der Waals surface area contributed by atoms with Gasteiger partial charge in [-0.1, -0.05) is 108 Å². The second-order valence-corrected chi connectivity index (χ2v) is 11.2. The first kappa shape index (κ1) is 30.2. The monoisotopic (exact) mass is 518 g/mol. The van der Waals surface area contributed by atoms with Crippen molar-refractivity contribution >= 4 is 10.1 Å². The summed E-state index contributed by atoms with van der Waals surface area (Å²) in [6, 6.07) is 15.8. The standard InChI is InChI=1S/C30H46O5S/c1-2-3-4-5-6-7-8-9-10-11-12-13-14-23-35-30-18-15-17-28(26-30)27-19-21-29(22-20-27)34-24-16-25-36(31,32)33/h15,17-22,26H,2-14,16,23-25H2,1H3,(H,31,32,33). The lowest BCUT2D eigenvalue weighted by Gasteiger charge is -2.10. The van der Waals surface area contributed by atoms with Crippen molar-refractivity contribution in [1.82, 2.24) is 0 Å². The Labute approximate surface area is 219 Å². The van der Waals surface area contributed by atoms with E-state index in [1.54, 1.807) is 0 Å². The summed E-state index contributed by atoms with van der Waals surface area (Å²) < 4.78 is 41.8. The SMILES string of the molecule is CCCCCCCCCCCCCCCOc1cccc(-c2ccc(OCCCS(=O)(=O)O)cc2)c1. The Morgan fingerprint density at radius 1 is 0.611 bits per heavy atom. The molecule has 202 valence electrons. The third-order valence-electron chi connectivity index (χ3n) is 6.35. The van der Waals surface area contributed by atoms with Crippen molar-refractivity contribution in [3.05, 3.63) is 48.5 Å². The molecule has 2 aromatic carbocycles. The molecule has 2 rings (SSSR count). The van der Waals surface area contributed by atoms with E-state index in [0.29, 0.717) is 5.75 Å². The van der Waals surface area contributed by atoms with Gasteiger partial charge in [0.25, 0.3) is 10.1 Å². The van der Waals surface area contributed by atoms with Crippen molar-refractivity contribution in [3.63, 3.8) is 0 Å². The summed E-state index contributed by atoms with van der Waals surface area (Å²) >= 11 is 0. The molecule has 0 aliphatic rings. The van der Waals surface area contributed by atoms with Crippen LogP contribution in [0.15, 0.2) is 48.5 Å². The molecule has 0 radical (unpaired) electrons. The number of unbranched alkanes of at least 4 members (excludes halogenated alkanes) is 12. The highest BCUT2D eigenvalue weighted by Gasteiger charge is 2.05. The minimum absolute atomic E-state index is 0.238. The third-order valence-corrected chi connectivity index (χ3v) is 7.16. The predicted octanol–water partition coefficient (Wildman–Crippen LogP) is 8.48. The van der Waals surface area contributed by atoms with Crippen molar-refractivity contribution in [2.24, 2.45) is 0 Å². The van der Waals surface area contributed by atoms with Gasteiger partial charge in [-0.05, 0) is 48.2 Å². The molecule has 0 aliphatic heterocycles. The molecule has 1 N–H and O–H groups in total. The topological polar surface area (TPSA) is 72.8 Å². The number of rotatable bonds is 21. The summed E-state index contributed by atoms with van der Waals surface area (Å²) in [5, 5.41) is 0. The molecule has 0 spiro atoms. The van der Waals surface area contributed by atoms with Crippen LogP contribution in [-0.4, -0.2) is 31.9 Å². The molecule has 36 heavy (non-hydrogen) atoms. The Hall–Kier alpha value is -2.05. The van der Waals surface area contributed by atoms with E-state index in [-0.39, 0.29) is 18.8 Å². The molecule has 0 bridgehead atoms. The molecule has 5 nitrogen and oxygen atoms in total. The fourth-order valence-electron chi connectivity index (χ4n) is 4.25. The average Bonchev–Trinajstić information content (AvgIpc) is 2.87. The van der Waals surface area contributed by atoms with Crippen LogP contribution in [-0.2, 0) is 10.1 Å². The first-order chi connectivity index (χ1) is 17.5. The lowest BCUT2D eigenvalue weighted by molar-refractivity contribution is 0.304. The van der Waals surface area contributed by atoms with Crippen LogP contribution in [0, 0.1) is 0 Å². The van der Waals surface area contributed by atoms with Gasteiger partial charge >= 0.3 is 0 Å². The third kappa shape index (κ3) is 14.5. The highest BCUT2D eigenvalue weighted by molar-refractivity contribution is 7.85. The first-order valence-electron chi connectivity index (χ1n) is 13.9. The van der Waals surface area contributed by atoms with E-state index < -0.39 is 10.1 Å². The van der Waals surface area contributed by atoms with Crippen LogP contribution >= 0.6 is 0 Å². The zero-order valence-corrected chi connectivity index (χ0v) is 22.9. The second-order valence-electron chi connectivity index (χ2n) is 9.63. The van der Waals surface area contributed by atoms with Gasteiger partial charge in [-0.3, -0.25) is 4.55 Å². The fourth-order valence-corrected chi connectivity index (χ4v) is 4.73. The molecule has 6 heteroatoms. The van der Waals surface area contributed by atoms with E-state index in [1.807, 2.05) is 36.4 Å². The Kier molecular flexibility index (Phi) is 15.3. The van der Waals surface area contributed by atoms with E-state index >= 15 is 0 Å². The van der Waals surface area contributed by atoms with Gasteiger partial charge in [0.05, 0.1) is 19.0 Å². The molecule has 0 heterocycles. The average molecular weight is 519 g/mol. The maximum Gasteiger partial charge on any atom is 0.264 e. The van der Waals surface area contributed by atoms with Crippen molar-refractivity contribution in [1.29, 1.82) is 0 Å². The van der Waals surface area contributed by atoms with Gasteiger partial charge in [0.2, 0.25) is 0 Å².